The fraction of sp³-hybridized carbons (Fsp3) is 0.538. The van der Waals surface area contributed by atoms with Crippen LogP contribution in [0.4, 0.5) is 17.6 Å². The number of hydrogen-bond acceptors (Lipinski definition) is 2. The van der Waals surface area contributed by atoms with Gasteiger partial charge in [-0.25, -0.2) is 4.39 Å². The molecule has 19 heavy (non-hydrogen) atoms. The number of aryl methyl sites for hydroxylation is 1. The fourth-order valence-electron chi connectivity index (χ4n) is 1.69. The van der Waals surface area contributed by atoms with E-state index < -0.39 is 12.8 Å². The molecule has 0 amide bonds. The maximum atomic E-state index is 13.1. The second-order valence-corrected chi connectivity index (χ2v) is 4.39. The van der Waals surface area contributed by atoms with E-state index in [1.165, 1.54) is 12.1 Å². The molecule has 1 unspecified atom stereocenters. The molecule has 0 fully saturated rings. The lowest BCUT2D eigenvalue weighted by Crippen LogP contribution is -2.34. The molecule has 1 N–H and O–H groups in total. The Bertz CT molecular complexity index is 406. The third kappa shape index (κ3) is 6.02. The standard InChI is InChI=1S/C13H17F4NO/c1-9-3-4-11(14)5-10(9)6-12(18-2)7-19-8-13(15,16)17/h3-5,12,18H,6-8H2,1-2H3. The first-order valence-corrected chi connectivity index (χ1v) is 5.88. The molecule has 0 spiro atoms. The predicted octanol–water partition coefficient (Wildman–Crippen LogP) is 2.84. The highest BCUT2D eigenvalue weighted by molar-refractivity contribution is 5.27. The lowest BCUT2D eigenvalue weighted by atomic mass is 10.0. The zero-order valence-corrected chi connectivity index (χ0v) is 10.9. The van der Waals surface area contributed by atoms with Gasteiger partial charge in [-0.1, -0.05) is 6.07 Å². The highest BCUT2D eigenvalue weighted by Gasteiger charge is 2.27. The van der Waals surface area contributed by atoms with Crippen LogP contribution in [0.3, 0.4) is 0 Å². The summed E-state index contributed by atoms with van der Waals surface area (Å²) in [5, 5.41) is 2.87. The first-order valence-electron chi connectivity index (χ1n) is 5.88. The lowest BCUT2D eigenvalue weighted by molar-refractivity contribution is -0.175. The summed E-state index contributed by atoms with van der Waals surface area (Å²) in [4.78, 5) is 0. The molecule has 0 heterocycles. The van der Waals surface area contributed by atoms with Crippen molar-refractivity contribution in [1.29, 1.82) is 0 Å². The molecule has 0 saturated heterocycles. The van der Waals surface area contributed by atoms with Gasteiger partial charge in [-0.15, -0.1) is 0 Å². The van der Waals surface area contributed by atoms with Crippen LogP contribution >= 0.6 is 0 Å². The molecule has 0 radical (unpaired) electrons. The minimum absolute atomic E-state index is 0.0774. The van der Waals surface area contributed by atoms with E-state index in [1.54, 1.807) is 13.1 Å². The molecule has 0 bridgehead atoms. The third-order valence-electron chi connectivity index (χ3n) is 2.77. The van der Waals surface area contributed by atoms with Crippen molar-refractivity contribution in [3.8, 4) is 0 Å². The number of alkyl halides is 3. The van der Waals surface area contributed by atoms with Crippen LogP contribution in [0.2, 0.25) is 0 Å². The number of rotatable bonds is 6. The van der Waals surface area contributed by atoms with E-state index in [9.17, 15) is 17.6 Å². The number of hydrogen-bond donors (Lipinski definition) is 1. The van der Waals surface area contributed by atoms with E-state index in [1.807, 2.05) is 6.92 Å². The smallest absolute Gasteiger partial charge is 0.370 e. The van der Waals surface area contributed by atoms with E-state index in [4.69, 9.17) is 0 Å². The first-order chi connectivity index (χ1) is 8.81. The van der Waals surface area contributed by atoms with Crippen molar-refractivity contribution in [2.24, 2.45) is 0 Å². The summed E-state index contributed by atoms with van der Waals surface area (Å²) >= 11 is 0. The maximum Gasteiger partial charge on any atom is 0.411 e. The summed E-state index contributed by atoms with van der Waals surface area (Å²) in [6, 6.07) is 4.10. The molecule has 0 aromatic heterocycles. The Kier molecular flexibility index (Phi) is 5.75. The van der Waals surface area contributed by atoms with Crippen LogP contribution in [0, 0.1) is 12.7 Å². The molecule has 1 aromatic rings. The van der Waals surface area contributed by atoms with Gasteiger partial charge >= 0.3 is 6.18 Å². The molecule has 2 nitrogen and oxygen atoms in total. The maximum absolute atomic E-state index is 13.1. The monoisotopic (exact) mass is 279 g/mol. The minimum Gasteiger partial charge on any atom is -0.370 e. The highest BCUT2D eigenvalue weighted by atomic mass is 19.4. The molecular formula is C13H17F4NO. The van der Waals surface area contributed by atoms with Gasteiger partial charge < -0.3 is 10.1 Å². The van der Waals surface area contributed by atoms with Crippen LogP contribution in [-0.2, 0) is 11.2 Å². The Hall–Kier alpha value is -1.14. The average molecular weight is 279 g/mol. The summed E-state index contributed by atoms with van der Waals surface area (Å²) in [5.41, 5.74) is 1.66. The van der Waals surface area contributed by atoms with Gasteiger partial charge in [0.2, 0.25) is 0 Å². The Balaban J connectivity index is 2.54. The van der Waals surface area contributed by atoms with E-state index in [0.717, 1.165) is 11.1 Å². The molecular weight excluding hydrogens is 262 g/mol. The molecule has 6 heteroatoms. The summed E-state index contributed by atoms with van der Waals surface area (Å²) in [5.74, 6) is -0.355. The highest BCUT2D eigenvalue weighted by Crippen LogP contribution is 2.16. The van der Waals surface area contributed by atoms with Gasteiger partial charge in [-0.3, -0.25) is 0 Å². The average Bonchev–Trinajstić information content (AvgIpc) is 2.30. The fourth-order valence-corrected chi connectivity index (χ4v) is 1.69. The van der Waals surface area contributed by atoms with Crippen LogP contribution in [-0.4, -0.2) is 32.5 Å². The Morgan fingerprint density at radius 2 is 2.00 bits per heavy atom. The lowest BCUT2D eigenvalue weighted by Gasteiger charge is -2.18. The van der Waals surface area contributed by atoms with Crippen LogP contribution in [0.1, 0.15) is 11.1 Å². The number of halogens is 4. The largest absolute Gasteiger partial charge is 0.411 e. The SMILES string of the molecule is CNC(COCC(F)(F)F)Cc1cc(F)ccc1C. The molecule has 108 valence electrons. The Labute approximate surface area is 109 Å². The van der Waals surface area contributed by atoms with E-state index >= 15 is 0 Å². The number of ether oxygens (including phenoxy) is 1. The van der Waals surface area contributed by atoms with Gasteiger partial charge in [-0.2, -0.15) is 13.2 Å². The second kappa shape index (κ2) is 6.86. The van der Waals surface area contributed by atoms with Gasteiger partial charge in [0.05, 0.1) is 6.61 Å². The second-order valence-electron chi connectivity index (χ2n) is 4.39. The minimum atomic E-state index is -4.33. The molecule has 0 aliphatic carbocycles. The van der Waals surface area contributed by atoms with Gasteiger partial charge in [-0.05, 0) is 43.7 Å². The van der Waals surface area contributed by atoms with Crippen molar-refractivity contribution in [1.82, 2.24) is 5.32 Å². The Morgan fingerprint density at radius 1 is 1.32 bits per heavy atom. The number of likely N-dealkylation sites (N-methyl/N-ethyl adjacent to an activating group) is 1. The van der Waals surface area contributed by atoms with Crippen molar-refractivity contribution in [3.05, 3.63) is 35.1 Å². The predicted molar refractivity (Wildman–Crippen MR) is 64.6 cm³/mol. The van der Waals surface area contributed by atoms with Gasteiger partial charge in [0.1, 0.15) is 12.4 Å². The van der Waals surface area contributed by atoms with E-state index in [0.29, 0.717) is 6.42 Å². The van der Waals surface area contributed by atoms with Crippen LogP contribution in [0.5, 0.6) is 0 Å². The Morgan fingerprint density at radius 3 is 2.58 bits per heavy atom. The quantitative estimate of drug-likeness (QED) is 0.808. The van der Waals surface area contributed by atoms with Crippen molar-refractivity contribution < 1.29 is 22.3 Å². The summed E-state index contributed by atoms with van der Waals surface area (Å²) < 4.78 is 53.6. The zero-order chi connectivity index (χ0) is 14.5. The summed E-state index contributed by atoms with van der Waals surface area (Å²) in [6.07, 6.45) is -3.91. The summed E-state index contributed by atoms with van der Waals surface area (Å²) in [6.45, 7) is 0.483. The molecule has 1 aromatic carbocycles. The number of benzene rings is 1. The molecule has 1 atom stereocenters. The van der Waals surface area contributed by atoms with E-state index in [2.05, 4.69) is 10.1 Å². The van der Waals surface area contributed by atoms with Crippen molar-refractivity contribution in [3.63, 3.8) is 0 Å². The van der Waals surface area contributed by atoms with Gasteiger partial charge in [0.25, 0.3) is 0 Å². The summed E-state index contributed by atoms with van der Waals surface area (Å²) in [7, 11) is 1.64. The molecule has 1 rings (SSSR count). The van der Waals surface area contributed by atoms with Crippen LogP contribution in [0.15, 0.2) is 18.2 Å². The molecule has 0 saturated carbocycles. The first kappa shape index (κ1) is 15.9. The van der Waals surface area contributed by atoms with Crippen LogP contribution in [0.25, 0.3) is 0 Å². The van der Waals surface area contributed by atoms with Crippen molar-refractivity contribution >= 4 is 0 Å². The zero-order valence-electron chi connectivity index (χ0n) is 10.9. The third-order valence-corrected chi connectivity index (χ3v) is 2.77. The topological polar surface area (TPSA) is 21.3 Å². The van der Waals surface area contributed by atoms with Crippen LogP contribution < -0.4 is 5.32 Å². The molecule has 0 aliphatic rings. The van der Waals surface area contributed by atoms with E-state index in [-0.39, 0.29) is 18.5 Å². The van der Waals surface area contributed by atoms with Gasteiger partial charge in [0, 0.05) is 6.04 Å². The molecule has 0 aliphatic heterocycles. The van der Waals surface area contributed by atoms with Crippen molar-refractivity contribution in [2.75, 3.05) is 20.3 Å². The van der Waals surface area contributed by atoms with Crippen molar-refractivity contribution in [2.45, 2.75) is 25.6 Å². The van der Waals surface area contributed by atoms with Gasteiger partial charge in [0.15, 0.2) is 0 Å². The number of nitrogens with one attached hydrogen (secondary N) is 1. The normalized spacial score (nSPS) is 13.6.